The predicted octanol–water partition coefficient (Wildman–Crippen LogP) is 4.00. The Hall–Kier alpha value is -1.30. The lowest BCUT2D eigenvalue weighted by Crippen LogP contribution is -2.00. The molecule has 0 spiro atoms. The Labute approximate surface area is 133 Å². The van der Waals surface area contributed by atoms with Crippen LogP contribution in [0.2, 0.25) is 5.02 Å². The summed E-state index contributed by atoms with van der Waals surface area (Å²) >= 11 is 7.80. The van der Waals surface area contributed by atoms with Crippen molar-refractivity contribution in [2.24, 2.45) is 0 Å². The maximum atomic E-state index is 9.17. The molecule has 114 valence electrons. The summed E-state index contributed by atoms with van der Waals surface area (Å²) in [5.74, 6) is 1.38. The first-order valence-electron chi connectivity index (χ1n) is 6.59. The van der Waals surface area contributed by atoms with E-state index in [1.165, 1.54) is 0 Å². The van der Waals surface area contributed by atoms with Crippen LogP contribution in [-0.4, -0.2) is 17.2 Å². The zero-order valence-corrected chi connectivity index (χ0v) is 13.8. The third-order valence-corrected chi connectivity index (χ3v) is 4.37. The van der Waals surface area contributed by atoms with Crippen molar-refractivity contribution in [3.8, 4) is 11.5 Å². The highest BCUT2D eigenvalue weighted by atomic mass is 35.5. The Balaban J connectivity index is 2.15. The zero-order chi connectivity index (χ0) is 15.4. The Morgan fingerprint density at radius 3 is 2.71 bits per heavy atom. The first kappa shape index (κ1) is 16.1. The number of halogens is 1. The predicted molar refractivity (Wildman–Crippen MR) is 84.5 cm³/mol. The van der Waals surface area contributed by atoms with E-state index in [1.54, 1.807) is 30.6 Å². The number of aromatic nitrogens is 1. The maximum Gasteiger partial charge on any atom is 0.180 e. The van der Waals surface area contributed by atoms with Crippen molar-refractivity contribution in [2.45, 2.75) is 33.0 Å². The molecule has 2 rings (SSSR count). The molecule has 0 aliphatic rings. The van der Waals surface area contributed by atoms with Gasteiger partial charge in [0, 0.05) is 11.3 Å². The van der Waals surface area contributed by atoms with Gasteiger partial charge in [0.1, 0.15) is 6.61 Å². The van der Waals surface area contributed by atoms with E-state index in [2.05, 4.69) is 18.8 Å². The molecule has 2 aromatic rings. The fraction of sp³-hybridized carbons (Fsp3) is 0.400. The minimum atomic E-state index is -0.0970. The first-order chi connectivity index (χ1) is 10.0. The van der Waals surface area contributed by atoms with E-state index in [0.717, 1.165) is 10.7 Å². The van der Waals surface area contributed by atoms with Crippen molar-refractivity contribution >= 4 is 22.9 Å². The first-order valence-corrected chi connectivity index (χ1v) is 7.85. The number of hydrogen-bond donors (Lipinski definition) is 1. The number of rotatable bonds is 6. The molecular weight excluding hydrogens is 310 g/mol. The van der Waals surface area contributed by atoms with Gasteiger partial charge in [-0.25, -0.2) is 4.98 Å². The van der Waals surface area contributed by atoms with Crippen LogP contribution in [0, 0.1) is 0 Å². The minimum Gasteiger partial charge on any atom is -0.493 e. The molecule has 0 amide bonds. The van der Waals surface area contributed by atoms with Crippen LogP contribution in [0.5, 0.6) is 11.5 Å². The van der Waals surface area contributed by atoms with Crippen LogP contribution in [0.15, 0.2) is 17.5 Å². The molecule has 0 saturated heterocycles. The number of aliphatic hydroxyl groups excluding tert-OH is 1. The number of hydrogen-bond acceptors (Lipinski definition) is 5. The second kappa shape index (κ2) is 7.11. The number of ether oxygens (including phenoxy) is 2. The van der Waals surface area contributed by atoms with Gasteiger partial charge in [-0.2, -0.15) is 0 Å². The topological polar surface area (TPSA) is 51.6 Å². The van der Waals surface area contributed by atoms with E-state index in [1.807, 2.05) is 5.38 Å². The van der Waals surface area contributed by atoms with Gasteiger partial charge < -0.3 is 14.6 Å². The molecule has 1 heterocycles. The molecule has 0 saturated carbocycles. The van der Waals surface area contributed by atoms with Crippen molar-refractivity contribution in [2.75, 3.05) is 7.11 Å². The SMILES string of the molecule is COc1cc(CO)cc(Cl)c1OCc1csc(C(C)C)n1. The van der Waals surface area contributed by atoms with Crippen LogP contribution in [-0.2, 0) is 13.2 Å². The Morgan fingerprint density at radius 1 is 1.38 bits per heavy atom. The van der Waals surface area contributed by atoms with Gasteiger partial charge in [0.25, 0.3) is 0 Å². The van der Waals surface area contributed by atoms with Gasteiger partial charge >= 0.3 is 0 Å². The minimum absolute atomic E-state index is 0.0970. The summed E-state index contributed by atoms with van der Waals surface area (Å²) in [6.07, 6.45) is 0. The van der Waals surface area contributed by atoms with Crippen LogP contribution in [0.25, 0.3) is 0 Å². The molecule has 0 unspecified atom stereocenters. The maximum absolute atomic E-state index is 9.17. The molecule has 0 aliphatic carbocycles. The molecule has 0 fully saturated rings. The molecule has 6 heteroatoms. The lowest BCUT2D eigenvalue weighted by atomic mass is 10.2. The molecule has 0 bridgehead atoms. The quantitative estimate of drug-likeness (QED) is 0.871. The number of thiazole rings is 1. The fourth-order valence-corrected chi connectivity index (χ4v) is 2.91. The molecule has 4 nitrogen and oxygen atoms in total. The van der Waals surface area contributed by atoms with Crippen LogP contribution < -0.4 is 9.47 Å². The smallest absolute Gasteiger partial charge is 0.180 e. The Morgan fingerprint density at radius 2 is 2.14 bits per heavy atom. The highest BCUT2D eigenvalue weighted by Gasteiger charge is 2.13. The highest BCUT2D eigenvalue weighted by Crippen LogP contribution is 2.37. The molecule has 1 aromatic carbocycles. The Kier molecular flexibility index (Phi) is 5.45. The van der Waals surface area contributed by atoms with Gasteiger partial charge in [-0.3, -0.25) is 0 Å². The lowest BCUT2D eigenvalue weighted by Gasteiger charge is -2.13. The second-order valence-electron chi connectivity index (χ2n) is 4.89. The van der Waals surface area contributed by atoms with Gasteiger partial charge in [-0.1, -0.05) is 25.4 Å². The summed E-state index contributed by atoms with van der Waals surface area (Å²) in [5, 5.41) is 12.7. The summed E-state index contributed by atoms with van der Waals surface area (Å²) < 4.78 is 11.0. The second-order valence-corrected chi connectivity index (χ2v) is 6.18. The summed E-state index contributed by atoms with van der Waals surface area (Å²) in [4.78, 5) is 4.51. The summed E-state index contributed by atoms with van der Waals surface area (Å²) in [7, 11) is 1.54. The summed E-state index contributed by atoms with van der Waals surface area (Å²) in [6.45, 7) is 4.45. The number of benzene rings is 1. The van der Waals surface area contributed by atoms with E-state index in [4.69, 9.17) is 21.1 Å². The Bertz CT molecular complexity index is 613. The van der Waals surface area contributed by atoms with E-state index in [9.17, 15) is 5.11 Å². The van der Waals surface area contributed by atoms with Crippen LogP contribution in [0.1, 0.15) is 36.0 Å². The lowest BCUT2D eigenvalue weighted by molar-refractivity contribution is 0.273. The molecular formula is C15H18ClNO3S. The van der Waals surface area contributed by atoms with Gasteiger partial charge in [0.15, 0.2) is 11.5 Å². The van der Waals surface area contributed by atoms with Crippen LogP contribution in [0.3, 0.4) is 0 Å². The zero-order valence-electron chi connectivity index (χ0n) is 12.2. The third kappa shape index (κ3) is 3.87. The van der Waals surface area contributed by atoms with E-state index < -0.39 is 0 Å². The highest BCUT2D eigenvalue weighted by molar-refractivity contribution is 7.09. The van der Waals surface area contributed by atoms with Crippen LogP contribution in [0.4, 0.5) is 0 Å². The van der Waals surface area contributed by atoms with Crippen LogP contribution >= 0.6 is 22.9 Å². The monoisotopic (exact) mass is 327 g/mol. The largest absolute Gasteiger partial charge is 0.493 e. The van der Waals surface area contributed by atoms with E-state index in [0.29, 0.717) is 34.6 Å². The molecule has 1 N–H and O–H groups in total. The molecule has 0 radical (unpaired) electrons. The number of nitrogens with zero attached hydrogens (tertiary/aromatic N) is 1. The van der Waals surface area contributed by atoms with Gasteiger partial charge in [0.2, 0.25) is 0 Å². The van der Waals surface area contributed by atoms with Crippen molar-refractivity contribution in [1.82, 2.24) is 4.98 Å². The molecule has 21 heavy (non-hydrogen) atoms. The van der Waals surface area contributed by atoms with E-state index in [-0.39, 0.29) is 6.61 Å². The van der Waals surface area contributed by atoms with Crippen molar-refractivity contribution in [3.05, 3.63) is 38.8 Å². The van der Waals surface area contributed by atoms with Crippen molar-refractivity contribution in [1.29, 1.82) is 0 Å². The van der Waals surface area contributed by atoms with Gasteiger partial charge in [-0.15, -0.1) is 11.3 Å². The standard InChI is InChI=1S/C15H18ClNO3S/c1-9(2)15-17-11(8-21-15)7-20-14-12(16)4-10(6-18)5-13(14)19-3/h4-5,8-9,18H,6-7H2,1-3H3. The van der Waals surface area contributed by atoms with E-state index >= 15 is 0 Å². The number of aliphatic hydroxyl groups is 1. The molecule has 1 aromatic heterocycles. The average Bonchev–Trinajstić information content (AvgIpc) is 2.94. The average molecular weight is 328 g/mol. The normalized spacial score (nSPS) is 11.0. The van der Waals surface area contributed by atoms with Gasteiger partial charge in [0.05, 0.1) is 29.4 Å². The van der Waals surface area contributed by atoms with Gasteiger partial charge in [-0.05, 0) is 17.7 Å². The summed E-state index contributed by atoms with van der Waals surface area (Å²) in [6, 6.07) is 3.38. The number of methoxy groups -OCH3 is 1. The van der Waals surface area contributed by atoms with Crippen molar-refractivity contribution in [3.63, 3.8) is 0 Å². The molecule has 0 atom stereocenters. The fourth-order valence-electron chi connectivity index (χ4n) is 1.80. The summed E-state index contributed by atoms with van der Waals surface area (Å²) in [5.41, 5.74) is 1.55. The molecule has 0 aliphatic heterocycles. The third-order valence-electron chi connectivity index (χ3n) is 2.90. The van der Waals surface area contributed by atoms with Crippen molar-refractivity contribution < 1.29 is 14.6 Å².